The largest absolute Gasteiger partial charge is 0.470 e. The van der Waals surface area contributed by atoms with Gasteiger partial charge in [-0.2, -0.15) is 0 Å². The molecule has 0 spiro atoms. The van der Waals surface area contributed by atoms with E-state index in [1.807, 2.05) is 30.0 Å². The summed E-state index contributed by atoms with van der Waals surface area (Å²) in [5.74, 6) is 4.11. The van der Waals surface area contributed by atoms with Crippen LogP contribution in [-0.2, 0) is 4.79 Å². The number of hydrogen-bond donors (Lipinski definition) is 2. The van der Waals surface area contributed by atoms with Gasteiger partial charge in [-0.1, -0.05) is 26.8 Å². The Morgan fingerprint density at radius 1 is 1.08 bits per heavy atom. The van der Waals surface area contributed by atoms with Gasteiger partial charge in [-0.15, -0.1) is 0 Å². The highest BCUT2D eigenvalue weighted by Gasteiger charge is 2.62. The van der Waals surface area contributed by atoms with E-state index in [-0.39, 0.29) is 28.9 Å². The quantitative estimate of drug-likeness (QED) is 0.516. The molecule has 5 nitrogen and oxygen atoms in total. The van der Waals surface area contributed by atoms with Crippen molar-refractivity contribution in [3.8, 4) is 5.75 Å². The zero-order chi connectivity index (χ0) is 26.1. The van der Waals surface area contributed by atoms with Gasteiger partial charge in [0.05, 0.1) is 17.9 Å². The second-order valence-electron chi connectivity index (χ2n) is 14.0. The lowest BCUT2D eigenvalue weighted by atomic mass is 9.43. The van der Waals surface area contributed by atoms with E-state index in [4.69, 9.17) is 4.74 Å². The molecule has 0 saturated heterocycles. The fraction of sp³-hybridized carbons (Fsp3) is 0.781. The summed E-state index contributed by atoms with van der Waals surface area (Å²) in [4.78, 5) is 15.0. The molecule has 4 aliphatic carbocycles. The van der Waals surface area contributed by atoms with Crippen molar-refractivity contribution in [3.63, 3.8) is 0 Å². The van der Waals surface area contributed by atoms with Gasteiger partial charge in [0, 0.05) is 6.42 Å². The molecule has 5 heteroatoms. The van der Waals surface area contributed by atoms with Crippen LogP contribution in [0, 0.1) is 53.3 Å². The number of nitrogens with zero attached hydrogens (tertiary/aromatic N) is 1. The third-order valence-electron chi connectivity index (χ3n) is 12.3. The summed E-state index contributed by atoms with van der Waals surface area (Å²) in [6, 6.07) is 6.07. The van der Waals surface area contributed by atoms with Crippen molar-refractivity contribution in [1.29, 1.82) is 0 Å². The first kappa shape index (κ1) is 25.7. The molecule has 2 N–H and O–H groups in total. The molecule has 1 aromatic rings. The van der Waals surface area contributed by atoms with Crippen LogP contribution >= 0.6 is 0 Å². The summed E-state index contributed by atoms with van der Waals surface area (Å²) in [5, 5.41) is 21.8. The number of hydrogen-bond acceptors (Lipinski definition) is 4. The van der Waals surface area contributed by atoms with Crippen LogP contribution in [0.25, 0.3) is 0 Å². The summed E-state index contributed by atoms with van der Waals surface area (Å²) in [6.07, 6.45) is 9.74. The lowest BCUT2D eigenvalue weighted by molar-refractivity contribution is -0.174. The predicted molar refractivity (Wildman–Crippen MR) is 145 cm³/mol. The third kappa shape index (κ3) is 4.06. The van der Waals surface area contributed by atoms with Gasteiger partial charge in [0.1, 0.15) is 5.75 Å². The number of anilines is 1. The molecule has 0 radical (unpaired) electrons. The Labute approximate surface area is 223 Å². The summed E-state index contributed by atoms with van der Waals surface area (Å²) in [6.45, 7) is 9.74. The molecular formula is C32H47NO4. The number of benzene rings is 1. The normalized spacial score (nSPS) is 43.3. The smallest absolute Gasteiger partial charge is 0.229 e. The molecule has 10 atom stereocenters. The van der Waals surface area contributed by atoms with Crippen LogP contribution in [-0.4, -0.2) is 35.1 Å². The first-order chi connectivity index (χ1) is 17.6. The zero-order valence-corrected chi connectivity index (χ0v) is 23.3. The molecular weight excluding hydrogens is 462 g/mol. The third-order valence-corrected chi connectivity index (χ3v) is 12.3. The number of carbonyl (C=O) groups is 1. The van der Waals surface area contributed by atoms with Crippen LogP contribution in [0.1, 0.15) is 90.5 Å². The summed E-state index contributed by atoms with van der Waals surface area (Å²) < 4.78 is 5.79. The van der Waals surface area contributed by atoms with Gasteiger partial charge in [0.15, 0.2) is 6.73 Å². The van der Waals surface area contributed by atoms with Crippen LogP contribution in [0.4, 0.5) is 5.69 Å². The number of aliphatic hydroxyl groups is 2. The van der Waals surface area contributed by atoms with Gasteiger partial charge < -0.3 is 14.9 Å². The van der Waals surface area contributed by atoms with Gasteiger partial charge in [0.25, 0.3) is 0 Å². The van der Waals surface area contributed by atoms with Crippen LogP contribution in [0.3, 0.4) is 0 Å². The average Bonchev–Trinajstić information content (AvgIpc) is 3.44. The number of aliphatic hydroxyl groups excluding tert-OH is 2. The number of ether oxygens (including phenoxy) is 1. The highest BCUT2D eigenvalue weighted by atomic mass is 16.5. The minimum Gasteiger partial charge on any atom is -0.470 e. The van der Waals surface area contributed by atoms with E-state index in [1.54, 1.807) is 0 Å². The minimum absolute atomic E-state index is 0.166. The standard InChI is InChI=1S/C32H47NO4/c1-19-5-9-26-28(15-19)37-18-33(26)29(36)10-6-20(2)23-7-8-24-30-25(12-14-32(23,24)4)31(3)13-11-22(34)16-21(31)17-27(30)35/h5,9,15,20-25,27,30,34-35H,6-8,10-14,16-18H2,1-4H3/t20-,21+,22-,23-,24+,25+,27-,30+,31+,32-/m1/s1. The Kier molecular flexibility index (Phi) is 6.42. The Morgan fingerprint density at radius 3 is 2.65 bits per heavy atom. The highest BCUT2D eigenvalue weighted by Crippen LogP contribution is 2.68. The molecule has 1 amide bonds. The topological polar surface area (TPSA) is 70.0 Å². The lowest BCUT2D eigenvalue weighted by Gasteiger charge is -2.62. The van der Waals surface area contributed by atoms with Crippen LogP contribution < -0.4 is 9.64 Å². The number of fused-ring (bicyclic) bond motifs is 6. The molecule has 6 rings (SSSR count). The van der Waals surface area contributed by atoms with E-state index in [0.29, 0.717) is 48.7 Å². The van der Waals surface area contributed by atoms with Gasteiger partial charge in [-0.25, -0.2) is 0 Å². The molecule has 1 aliphatic heterocycles. The van der Waals surface area contributed by atoms with E-state index in [1.165, 1.54) is 25.7 Å². The van der Waals surface area contributed by atoms with E-state index in [0.717, 1.165) is 49.1 Å². The highest BCUT2D eigenvalue weighted by molar-refractivity contribution is 5.95. The Bertz CT molecular complexity index is 1040. The molecule has 0 aromatic heterocycles. The van der Waals surface area contributed by atoms with Crippen molar-refractivity contribution < 1.29 is 19.7 Å². The summed E-state index contributed by atoms with van der Waals surface area (Å²) in [7, 11) is 0. The minimum atomic E-state index is -0.229. The molecule has 1 heterocycles. The van der Waals surface area contributed by atoms with Crippen molar-refractivity contribution in [2.45, 2.75) is 104 Å². The number of carbonyl (C=O) groups excluding carboxylic acids is 1. The Hall–Kier alpha value is -1.59. The van der Waals surface area contributed by atoms with Gasteiger partial charge in [-0.3, -0.25) is 9.69 Å². The molecule has 0 unspecified atom stereocenters. The molecule has 5 aliphatic rings. The first-order valence-corrected chi connectivity index (χ1v) is 15.0. The second kappa shape index (κ2) is 9.26. The molecule has 4 saturated carbocycles. The molecule has 37 heavy (non-hydrogen) atoms. The Balaban J connectivity index is 1.13. The average molecular weight is 510 g/mol. The zero-order valence-electron chi connectivity index (χ0n) is 23.3. The molecule has 204 valence electrons. The fourth-order valence-corrected chi connectivity index (χ4v) is 10.2. The van der Waals surface area contributed by atoms with E-state index in [2.05, 4.69) is 20.8 Å². The fourth-order valence-electron chi connectivity index (χ4n) is 10.2. The number of rotatable bonds is 4. The second-order valence-corrected chi connectivity index (χ2v) is 14.0. The predicted octanol–water partition coefficient (Wildman–Crippen LogP) is 6.08. The maximum absolute atomic E-state index is 13.2. The summed E-state index contributed by atoms with van der Waals surface area (Å²) >= 11 is 0. The van der Waals surface area contributed by atoms with E-state index >= 15 is 0 Å². The van der Waals surface area contributed by atoms with E-state index in [9.17, 15) is 15.0 Å². The van der Waals surface area contributed by atoms with Gasteiger partial charge in [0.2, 0.25) is 5.91 Å². The van der Waals surface area contributed by atoms with Gasteiger partial charge in [-0.05, 0) is 129 Å². The number of amides is 1. The van der Waals surface area contributed by atoms with Crippen molar-refractivity contribution in [1.82, 2.24) is 0 Å². The van der Waals surface area contributed by atoms with Crippen LogP contribution in [0.15, 0.2) is 18.2 Å². The van der Waals surface area contributed by atoms with Gasteiger partial charge >= 0.3 is 0 Å². The monoisotopic (exact) mass is 509 g/mol. The summed E-state index contributed by atoms with van der Waals surface area (Å²) in [5.41, 5.74) is 2.58. The van der Waals surface area contributed by atoms with Crippen molar-refractivity contribution >= 4 is 11.6 Å². The first-order valence-electron chi connectivity index (χ1n) is 15.0. The lowest BCUT2D eigenvalue weighted by Crippen LogP contribution is -2.58. The molecule has 4 fully saturated rings. The van der Waals surface area contributed by atoms with Crippen molar-refractivity contribution in [2.75, 3.05) is 11.6 Å². The van der Waals surface area contributed by atoms with Crippen LogP contribution in [0.5, 0.6) is 5.75 Å². The number of aryl methyl sites for hydroxylation is 1. The maximum atomic E-state index is 13.2. The van der Waals surface area contributed by atoms with Crippen LogP contribution in [0.2, 0.25) is 0 Å². The maximum Gasteiger partial charge on any atom is 0.229 e. The molecule has 0 bridgehead atoms. The van der Waals surface area contributed by atoms with E-state index < -0.39 is 0 Å². The Morgan fingerprint density at radius 2 is 1.84 bits per heavy atom. The molecule has 1 aromatic carbocycles. The SMILES string of the molecule is Cc1ccc2c(c1)OCN2C(=O)CC[C@@H](C)[C@H]1CC[C@H]2[C@@H]3[C@H](O)C[C@@H]4C[C@H](O)CC[C@]4(C)[C@H]3CC[C@]12C. The van der Waals surface area contributed by atoms with Crippen molar-refractivity contribution in [3.05, 3.63) is 23.8 Å². The van der Waals surface area contributed by atoms with Crippen molar-refractivity contribution in [2.24, 2.45) is 46.3 Å².